The van der Waals surface area contributed by atoms with Crippen LogP contribution >= 0.6 is 11.6 Å². The van der Waals surface area contributed by atoms with Crippen LogP contribution in [0.25, 0.3) is 0 Å². The van der Waals surface area contributed by atoms with Crippen molar-refractivity contribution in [2.24, 2.45) is 16.3 Å². The van der Waals surface area contributed by atoms with Gasteiger partial charge in [-0.1, -0.05) is 44.5 Å². The van der Waals surface area contributed by atoms with E-state index in [9.17, 15) is 14.4 Å². The molecule has 1 aliphatic heterocycles. The molecule has 0 saturated heterocycles. The van der Waals surface area contributed by atoms with Gasteiger partial charge in [-0.3, -0.25) is 24.4 Å². The lowest BCUT2D eigenvalue weighted by molar-refractivity contribution is -0.136. The van der Waals surface area contributed by atoms with Crippen molar-refractivity contribution in [1.29, 1.82) is 0 Å². The number of hydrogen-bond donors (Lipinski definition) is 2. The number of nitrogens with zero attached hydrogens (tertiary/aromatic N) is 3. The zero-order valence-corrected chi connectivity index (χ0v) is 22.9. The van der Waals surface area contributed by atoms with Crippen LogP contribution in [0.5, 0.6) is 0 Å². The summed E-state index contributed by atoms with van der Waals surface area (Å²) in [5.74, 6) is -0.792. The summed E-state index contributed by atoms with van der Waals surface area (Å²) in [6, 6.07) is 8.93. The maximum atomic E-state index is 13.7. The van der Waals surface area contributed by atoms with E-state index in [0.29, 0.717) is 40.7 Å². The third-order valence-electron chi connectivity index (χ3n) is 7.72. The van der Waals surface area contributed by atoms with Crippen molar-refractivity contribution in [2.45, 2.75) is 65.0 Å². The first-order chi connectivity index (χ1) is 18.0. The van der Waals surface area contributed by atoms with Crippen LogP contribution in [-0.2, 0) is 16.0 Å². The van der Waals surface area contributed by atoms with Gasteiger partial charge in [-0.15, -0.1) is 0 Å². The van der Waals surface area contributed by atoms with Crippen molar-refractivity contribution in [2.75, 3.05) is 13.1 Å². The molecule has 1 aliphatic carbocycles. The molecule has 38 heavy (non-hydrogen) atoms. The topological polar surface area (TPSA) is 112 Å². The number of carbonyl (C=O) groups is 3. The number of carbonyl (C=O) groups excluding carboxylic acids is 2. The zero-order valence-electron chi connectivity index (χ0n) is 22.2. The third-order valence-corrected chi connectivity index (χ3v) is 7.93. The highest BCUT2D eigenvalue weighted by Crippen LogP contribution is 2.46. The van der Waals surface area contributed by atoms with Gasteiger partial charge in [0.1, 0.15) is 11.4 Å². The molecule has 0 radical (unpaired) electrons. The van der Waals surface area contributed by atoms with Crippen molar-refractivity contribution < 1.29 is 19.5 Å². The number of amides is 2. The molecule has 0 unspecified atom stereocenters. The summed E-state index contributed by atoms with van der Waals surface area (Å²) in [4.78, 5) is 47.8. The Morgan fingerprint density at radius 1 is 1.16 bits per heavy atom. The highest BCUT2D eigenvalue weighted by atomic mass is 35.5. The predicted molar refractivity (Wildman–Crippen MR) is 146 cm³/mol. The van der Waals surface area contributed by atoms with E-state index in [-0.39, 0.29) is 30.2 Å². The lowest BCUT2D eigenvalue weighted by Gasteiger charge is -2.45. The van der Waals surface area contributed by atoms with E-state index in [2.05, 4.69) is 31.1 Å². The Labute approximate surface area is 228 Å². The first kappa shape index (κ1) is 27.8. The average Bonchev–Trinajstić information content (AvgIpc) is 3.13. The minimum atomic E-state index is -0.958. The fraction of sp³-hybridized carbons (Fsp3) is 0.483. The number of rotatable bonds is 8. The second-order valence-corrected chi connectivity index (χ2v) is 11.7. The van der Waals surface area contributed by atoms with E-state index in [1.165, 1.54) is 0 Å². The number of aliphatic imine (C=N–C) groups is 1. The Balaban J connectivity index is 1.49. The monoisotopic (exact) mass is 538 g/mol. The predicted octanol–water partition coefficient (Wildman–Crippen LogP) is 4.75. The minimum Gasteiger partial charge on any atom is -0.481 e. The van der Waals surface area contributed by atoms with Gasteiger partial charge in [0, 0.05) is 36.6 Å². The number of pyridine rings is 1. The van der Waals surface area contributed by atoms with E-state index in [1.807, 2.05) is 17.0 Å². The van der Waals surface area contributed by atoms with E-state index < -0.39 is 11.6 Å². The number of carboxylic acid groups (broad SMARTS) is 1. The number of halogens is 1. The summed E-state index contributed by atoms with van der Waals surface area (Å²) < 4.78 is 0. The van der Waals surface area contributed by atoms with Crippen LogP contribution in [0.1, 0.15) is 74.4 Å². The second-order valence-electron chi connectivity index (χ2n) is 11.3. The first-order valence-electron chi connectivity index (χ1n) is 13.1. The quantitative estimate of drug-likeness (QED) is 0.504. The minimum absolute atomic E-state index is 0.0790. The van der Waals surface area contributed by atoms with Crippen molar-refractivity contribution in [3.05, 3.63) is 64.4 Å². The van der Waals surface area contributed by atoms with E-state index in [0.717, 1.165) is 31.2 Å². The van der Waals surface area contributed by atoms with Gasteiger partial charge in [0.15, 0.2) is 0 Å². The summed E-state index contributed by atoms with van der Waals surface area (Å²) in [5, 5.41) is 11.8. The molecule has 2 aromatic rings. The van der Waals surface area contributed by atoms with Crippen molar-refractivity contribution in [3.63, 3.8) is 0 Å². The molecule has 4 rings (SSSR count). The standard InChI is InChI=1S/C29H35ClN4O4/c1-28(2,3)22-8-12-29(13-9-22)33-25(21-16-23(30)18-31-17-21)27(38)34(29)15-11-19-4-6-20(7-5-19)26(37)32-14-10-24(35)36/h4-7,16-18,22H,8-15H2,1-3H3,(H,32,37)(H,35,36). The van der Waals surface area contributed by atoms with Gasteiger partial charge in [-0.25, -0.2) is 0 Å². The number of aromatic nitrogens is 1. The molecule has 8 nitrogen and oxygen atoms in total. The lowest BCUT2D eigenvalue weighted by Crippen LogP contribution is -2.50. The number of aliphatic carboxylic acids is 1. The molecule has 0 atom stereocenters. The van der Waals surface area contributed by atoms with Crippen molar-refractivity contribution in [3.8, 4) is 0 Å². The molecule has 2 N–H and O–H groups in total. The summed E-state index contributed by atoms with van der Waals surface area (Å²) in [6.45, 7) is 7.40. The summed E-state index contributed by atoms with van der Waals surface area (Å²) >= 11 is 6.18. The lowest BCUT2D eigenvalue weighted by atomic mass is 9.69. The summed E-state index contributed by atoms with van der Waals surface area (Å²) in [6.07, 6.45) is 7.31. The van der Waals surface area contributed by atoms with Crippen LogP contribution in [0, 0.1) is 11.3 Å². The van der Waals surface area contributed by atoms with Crippen LogP contribution in [0.15, 0.2) is 47.7 Å². The largest absolute Gasteiger partial charge is 0.481 e. The molecule has 0 bridgehead atoms. The maximum absolute atomic E-state index is 13.7. The highest BCUT2D eigenvalue weighted by molar-refractivity contribution is 6.47. The molecule has 2 amide bonds. The molecule has 2 aliphatic rings. The highest BCUT2D eigenvalue weighted by Gasteiger charge is 2.49. The number of carboxylic acids is 1. The normalized spacial score (nSPS) is 21.5. The molecule has 1 spiro atoms. The zero-order chi connectivity index (χ0) is 27.5. The van der Waals surface area contributed by atoms with Gasteiger partial charge in [0.25, 0.3) is 11.8 Å². The van der Waals surface area contributed by atoms with Gasteiger partial charge in [-0.2, -0.15) is 0 Å². The molecule has 9 heteroatoms. The van der Waals surface area contributed by atoms with Crippen LogP contribution < -0.4 is 5.32 Å². The third kappa shape index (κ3) is 6.23. The Morgan fingerprint density at radius 2 is 1.84 bits per heavy atom. The van der Waals surface area contributed by atoms with Crippen LogP contribution in [0.2, 0.25) is 5.02 Å². The number of hydrogen-bond acceptors (Lipinski definition) is 5. The smallest absolute Gasteiger partial charge is 0.305 e. The van der Waals surface area contributed by atoms with Crippen molar-refractivity contribution in [1.82, 2.24) is 15.2 Å². The summed E-state index contributed by atoms with van der Waals surface area (Å²) in [5.41, 5.74) is 2.16. The maximum Gasteiger partial charge on any atom is 0.305 e. The summed E-state index contributed by atoms with van der Waals surface area (Å²) in [7, 11) is 0. The molecule has 202 valence electrons. The Morgan fingerprint density at radius 3 is 2.45 bits per heavy atom. The molecule has 1 aromatic heterocycles. The number of benzene rings is 1. The van der Waals surface area contributed by atoms with Crippen LogP contribution in [-0.4, -0.2) is 57.2 Å². The Bertz CT molecular complexity index is 1230. The second kappa shape index (κ2) is 11.2. The van der Waals surface area contributed by atoms with Gasteiger partial charge in [0.2, 0.25) is 0 Å². The molecule has 1 aromatic carbocycles. The van der Waals surface area contributed by atoms with Gasteiger partial charge >= 0.3 is 5.97 Å². The van der Waals surface area contributed by atoms with Crippen LogP contribution in [0.3, 0.4) is 0 Å². The van der Waals surface area contributed by atoms with Crippen molar-refractivity contribution >= 4 is 35.1 Å². The fourth-order valence-electron chi connectivity index (χ4n) is 5.45. The SMILES string of the molecule is CC(C)(C)C1CCC2(CC1)N=C(c1cncc(Cl)c1)C(=O)N2CCc1ccc(C(=O)NCCC(=O)O)cc1. The molecule has 1 saturated carbocycles. The molecule has 1 fully saturated rings. The van der Waals surface area contributed by atoms with Crippen LogP contribution in [0.4, 0.5) is 0 Å². The average molecular weight is 539 g/mol. The van der Waals surface area contributed by atoms with E-state index in [1.54, 1.807) is 30.6 Å². The molecular weight excluding hydrogens is 504 g/mol. The molecular formula is C29H35ClN4O4. The Hall–Kier alpha value is -3.26. The fourth-order valence-corrected chi connectivity index (χ4v) is 5.62. The van der Waals surface area contributed by atoms with Gasteiger partial charge in [0.05, 0.1) is 11.4 Å². The van der Waals surface area contributed by atoms with Gasteiger partial charge in [-0.05, 0) is 67.2 Å². The Kier molecular flexibility index (Phi) is 8.21. The van der Waals surface area contributed by atoms with E-state index >= 15 is 0 Å². The number of nitrogens with one attached hydrogen (secondary N) is 1. The van der Waals surface area contributed by atoms with Gasteiger partial charge < -0.3 is 15.3 Å². The molecule has 2 heterocycles. The van der Waals surface area contributed by atoms with E-state index in [4.69, 9.17) is 21.7 Å². The first-order valence-corrected chi connectivity index (χ1v) is 13.5.